The number of aromatic nitrogens is 2. The topological polar surface area (TPSA) is 88.8 Å². The molecule has 236 valence electrons. The van der Waals surface area contributed by atoms with Gasteiger partial charge in [-0.05, 0) is 58.0 Å². The van der Waals surface area contributed by atoms with Crippen LogP contribution >= 0.6 is 0 Å². The Morgan fingerprint density at radius 1 is 1.14 bits per heavy atom. The van der Waals surface area contributed by atoms with Crippen molar-refractivity contribution in [1.82, 2.24) is 19.8 Å². The first kappa shape index (κ1) is 31.6. The lowest BCUT2D eigenvalue weighted by Gasteiger charge is -2.41. The van der Waals surface area contributed by atoms with Crippen LogP contribution in [0, 0.1) is 28.4 Å². The van der Waals surface area contributed by atoms with E-state index in [2.05, 4.69) is 36.5 Å². The Bertz CT molecular complexity index is 1370. The van der Waals surface area contributed by atoms with Crippen molar-refractivity contribution in [2.75, 3.05) is 63.2 Å². The van der Waals surface area contributed by atoms with E-state index in [1.54, 1.807) is 9.80 Å². The summed E-state index contributed by atoms with van der Waals surface area (Å²) < 4.78 is 36.2. The van der Waals surface area contributed by atoms with E-state index in [1.807, 2.05) is 0 Å². The van der Waals surface area contributed by atoms with E-state index < -0.39 is 11.6 Å². The van der Waals surface area contributed by atoms with Crippen LogP contribution in [0.5, 0.6) is 6.01 Å². The van der Waals surface area contributed by atoms with Crippen molar-refractivity contribution in [3.63, 3.8) is 0 Å². The number of nitrogens with zero attached hydrogens (tertiary/aromatic N) is 7. The zero-order valence-corrected chi connectivity index (χ0v) is 25.9. The molecule has 0 radical (unpaired) electrons. The number of para-hydroxylation sites is 1. The number of benzene rings is 1. The van der Waals surface area contributed by atoms with Gasteiger partial charge in [0.1, 0.15) is 23.1 Å². The third-order valence-electron chi connectivity index (χ3n) is 9.14. The third-order valence-corrected chi connectivity index (χ3v) is 9.14. The van der Waals surface area contributed by atoms with Crippen molar-refractivity contribution in [1.29, 1.82) is 5.26 Å². The molecule has 0 bridgehead atoms. The van der Waals surface area contributed by atoms with Gasteiger partial charge >= 0.3 is 6.01 Å². The highest BCUT2D eigenvalue weighted by atomic mass is 19.1. The number of fused-ring (bicyclic) bond motifs is 1. The third kappa shape index (κ3) is 6.96. The highest BCUT2D eigenvalue weighted by Crippen LogP contribution is 2.38. The Hall–Kier alpha value is -3.78. The Kier molecular flexibility index (Phi) is 9.99. The van der Waals surface area contributed by atoms with E-state index in [0.29, 0.717) is 57.1 Å². The molecule has 9 nitrogen and oxygen atoms in total. The van der Waals surface area contributed by atoms with Crippen molar-refractivity contribution < 1.29 is 18.3 Å². The molecule has 3 aliphatic rings. The Morgan fingerprint density at radius 3 is 2.57 bits per heavy atom. The Balaban J connectivity index is 1.51. The highest BCUT2D eigenvalue weighted by molar-refractivity contribution is 5.87. The molecule has 1 amide bonds. The van der Waals surface area contributed by atoms with Crippen molar-refractivity contribution in [3.8, 4) is 12.1 Å². The molecule has 2 aromatic rings. The Morgan fingerprint density at radius 2 is 1.89 bits per heavy atom. The second-order valence-electron chi connectivity index (χ2n) is 12.6. The molecule has 11 heteroatoms. The van der Waals surface area contributed by atoms with Gasteiger partial charge in [0.05, 0.1) is 37.4 Å². The van der Waals surface area contributed by atoms with Gasteiger partial charge in [-0.15, -0.1) is 0 Å². The summed E-state index contributed by atoms with van der Waals surface area (Å²) in [4.78, 5) is 30.1. The van der Waals surface area contributed by atoms with E-state index in [-0.39, 0.29) is 42.0 Å². The van der Waals surface area contributed by atoms with E-state index in [1.165, 1.54) is 30.7 Å². The van der Waals surface area contributed by atoms with Gasteiger partial charge in [0.2, 0.25) is 5.91 Å². The molecule has 5 rings (SSSR count). The normalized spacial score (nSPS) is 20.1. The molecule has 1 aromatic carbocycles. The lowest BCUT2D eigenvalue weighted by molar-refractivity contribution is -0.128. The van der Waals surface area contributed by atoms with E-state index in [9.17, 15) is 18.8 Å². The molecule has 0 spiro atoms. The van der Waals surface area contributed by atoms with Crippen LogP contribution in [-0.4, -0.2) is 85.1 Å². The van der Waals surface area contributed by atoms with E-state index >= 15 is 0 Å². The van der Waals surface area contributed by atoms with Gasteiger partial charge in [0, 0.05) is 43.7 Å². The maximum absolute atomic E-state index is 14.9. The average molecular weight is 608 g/mol. The quantitative estimate of drug-likeness (QED) is 0.379. The van der Waals surface area contributed by atoms with Crippen LogP contribution in [0.4, 0.5) is 20.3 Å². The van der Waals surface area contributed by atoms with Crippen molar-refractivity contribution in [2.45, 2.75) is 64.0 Å². The second-order valence-corrected chi connectivity index (χ2v) is 12.6. The molecule has 0 unspecified atom stereocenters. The van der Waals surface area contributed by atoms with Crippen LogP contribution in [0.25, 0.3) is 0 Å². The smallest absolute Gasteiger partial charge is 0.318 e. The minimum absolute atomic E-state index is 0.00500. The molecule has 1 saturated carbocycles. The molecule has 2 aliphatic heterocycles. The molecule has 1 atom stereocenters. The lowest BCUT2D eigenvalue weighted by atomic mass is 9.74. The lowest BCUT2D eigenvalue weighted by Crippen LogP contribution is -2.55. The van der Waals surface area contributed by atoms with Crippen LogP contribution in [0.1, 0.15) is 56.2 Å². The van der Waals surface area contributed by atoms with Gasteiger partial charge in [0.15, 0.2) is 0 Å². The molecule has 2 fully saturated rings. The number of nitriles is 1. The van der Waals surface area contributed by atoms with Crippen molar-refractivity contribution in [3.05, 3.63) is 53.7 Å². The fraction of sp³-hybridized carbons (Fsp3) is 0.576. The van der Waals surface area contributed by atoms with Crippen LogP contribution < -0.4 is 14.5 Å². The number of amides is 1. The molecular formula is C33H43F2N7O2. The molecule has 44 heavy (non-hydrogen) atoms. The maximum Gasteiger partial charge on any atom is 0.318 e. The van der Waals surface area contributed by atoms with Crippen molar-refractivity contribution >= 4 is 17.4 Å². The van der Waals surface area contributed by atoms with Crippen LogP contribution in [0.3, 0.4) is 0 Å². The standard InChI is InChI=1S/C33H43F2N7O2/c1-4-29(43)42-19-18-41(20-24(42)13-16-36)31-25-10-9-17-40(30-26(34)11-8-12-27(30)35)21-28(25)37-32(38-31)44-23-33(22-39(2)3)14-6-5-7-15-33/h4,8,11-12,24H,1,5-7,9-10,13-15,17-23H2,2-3H3/t24-/m0/s1. The number of rotatable bonds is 9. The summed E-state index contributed by atoms with van der Waals surface area (Å²) in [5.41, 5.74) is 1.53. The van der Waals surface area contributed by atoms with Crippen molar-refractivity contribution in [2.24, 2.45) is 5.41 Å². The molecule has 1 aliphatic carbocycles. The van der Waals surface area contributed by atoms with Gasteiger partial charge in [-0.1, -0.05) is 31.9 Å². The first-order valence-corrected chi connectivity index (χ1v) is 15.6. The summed E-state index contributed by atoms with van der Waals surface area (Å²) in [5.74, 6) is -0.703. The molecule has 1 aromatic heterocycles. The van der Waals surface area contributed by atoms with Crippen LogP contribution in [0.2, 0.25) is 0 Å². The van der Waals surface area contributed by atoms with E-state index in [0.717, 1.165) is 37.8 Å². The van der Waals surface area contributed by atoms with Gasteiger partial charge in [-0.25, -0.2) is 8.78 Å². The number of piperazine rings is 1. The van der Waals surface area contributed by atoms with Crippen LogP contribution in [-0.2, 0) is 17.8 Å². The molecule has 1 saturated heterocycles. The summed E-state index contributed by atoms with van der Waals surface area (Å²) in [5, 5.41) is 9.54. The summed E-state index contributed by atoms with van der Waals surface area (Å²) in [6.45, 7) is 7.03. The summed E-state index contributed by atoms with van der Waals surface area (Å²) in [7, 11) is 4.16. The zero-order chi connectivity index (χ0) is 31.3. The second kappa shape index (κ2) is 13.9. The minimum Gasteiger partial charge on any atom is -0.463 e. The van der Waals surface area contributed by atoms with Gasteiger partial charge in [-0.3, -0.25) is 4.79 Å². The van der Waals surface area contributed by atoms with E-state index in [4.69, 9.17) is 14.7 Å². The summed E-state index contributed by atoms with van der Waals surface area (Å²) >= 11 is 0. The minimum atomic E-state index is -0.607. The predicted octanol–water partition coefficient (Wildman–Crippen LogP) is 4.72. The summed E-state index contributed by atoms with van der Waals surface area (Å²) in [6, 6.07) is 6.07. The first-order chi connectivity index (χ1) is 21.2. The van der Waals surface area contributed by atoms with Gasteiger partial charge in [-0.2, -0.15) is 15.2 Å². The number of hydrogen-bond acceptors (Lipinski definition) is 8. The molecular weight excluding hydrogens is 564 g/mol. The largest absolute Gasteiger partial charge is 0.463 e. The Labute approximate surface area is 259 Å². The van der Waals surface area contributed by atoms with Crippen LogP contribution in [0.15, 0.2) is 30.9 Å². The fourth-order valence-electron chi connectivity index (χ4n) is 7.17. The maximum atomic E-state index is 14.9. The molecule has 0 N–H and O–H groups in total. The summed E-state index contributed by atoms with van der Waals surface area (Å²) in [6.07, 6.45) is 8.41. The number of anilines is 2. The predicted molar refractivity (Wildman–Crippen MR) is 165 cm³/mol. The zero-order valence-electron chi connectivity index (χ0n) is 25.9. The van der Waals surface area contributed by atoms with Gasteiger partial charge in [0.25, 0.3) is 0 Å². The number of ether oxygens (including phenoxy) is 1. The molecule has 3 heterocycles. The SMILES string of the molecule is C=CC(=O)N1CCN(c2nc(OCC3(CN(C)C)CCCCC3)nc3c2CCCN(c2c(F)cccc2F)C3)C[C@@H]1CC#N. The number of halogens is 2. The van der Waals surface area contributed by atoms with Gasteiger partial charge < -0.3 is 24.3 Å². The number of carbonyl (C=O) groups is 1. The fourth-order valence-corrected chi connectivity index (χ4v) is 7.17. The highest BCUT2D eigenvalue weighted by Gasteiger charge is 2.36. The number of hydrogen-bond donors (Lipinski definition) is 0. The first-order valence-electron chi connectivity index (χ1n) is 15.6. The average Bonchev–Trinajstić information content (AvgIpc) is 3.22. The number of carbonyl (C=O) groups excluding carboxylic acids is 1. The monoisotopic (exact) mass is 607 g/mol.